The normalized spacial score (nSPS) is 11.2. The van der Waals surface area contributed by atoms with Gasteiger partial charge in [-0.3, -0.25) is 0 Å². The molecule has 5 heteroatoms. The molecule has 0 spiro atoms. The zero-order valence-electron chi connectivity index (χ0n) is 6.07. The summed E-state index contributed by atoms with van der Waals surface area (Å²) < 4.78 is 14.9. The Morgan fingerprint density at radius 1 is 1.70 bits per heavy atom. The smallest absolute Gasteiger partial charge is 0.307 e. The van der Waals surface area contributed by atoms with Crippen LogP contribution in [0.2, 0.25) is 0 Å². The van der Waals surface area contributed by atoms with Crippen LogP contribution in [0.4, 0.5) is 0 Å². The van der Waals surface area contributed by atoms with Gasteiger partial charge in [-0.15, -0.1) is 9.79 Å². The van der Waals surface area contributed by atoms with Crippen molar-refractivity contribution in [1.82, 2.24) is 4.90 Å². The number of likely N-dealkylation sites (N-methyl/N-ethyl adjacent to an activating group) is 1. The molecule has 4 nitrogen and oxygen atoms in total. The summed E-state index contributed by atoms with van der Waals surface area (Å²) >= 11 is 0. The Hall–Kier alpha value is -0.490. The molecule has 56 valence electrons. The van der Waals surface area contributed by atoms with Crippen molar-refractivity contribution < 1.29 is 9.09 Å². The van der Waals surface area contributed by atoms with Crippen LogP contribution in [0.1, 0.15) is 0 Å². The standard InChI is InChI=1S/C5H10N2O2P/c1-7(2)3-4-9-10(8)5-6/h3-4H2,1-2H3/q+1. The highest BCUT2D eigenvalue weighted by atomic mass is 31.1. The highest BCUT2D eigenvalue weighted by Crippen LogP contribution is 2.17. The minimum atomic E-state index is -2.08. The van der Waals surface area contributed by atoms with Gasteiger partial charge in [0.15, 0.2) is 0 Å². The third-order valence-corrected chi connectivity index (χ3v) is 1.41. The second-order valence-corrected chi connectivity index (χ2v) is 2.97. The van der Waals surface area contributed by atoms with Gasteiger partial charge in [0.2, 0.25) is 0 Å². The van der Waals surface area contributed by atoms with E-state index in [-0.39, 0.29) is 0 Å². The van der Waals surface area contributed by atoms with E-state index in [1.807, 2.05) is 19.0 Å². The lowest BCUT2D eigenvalue weighted by Gasteiger charge is -2.03. The van der Waals surface area contributed by atoms with E-state index in [4.69, 9.17) is 5.26 Å². The van der Waals surface area contributed by atoms with Crippen molar-refractivity contribution in [2.24, 2.45) is 0 Å². The van der Waals surface area contributed by atoms with Crippen molar-refractivity contribution in [3.8, 4) is 5.81 Å². The Morgan fingerprint density at radius 2 is 2.30 bits per heavy atom. The molecule has 0 saturated heterocycles. The Morgan fingerprint density at radius 3 is 2.70 bits per heavy atom. The van der Waals surface area contributed by atoms with E-state index in [0.717, 1.165) is 0 Å². The van der Waals surface area contributed by atoms with Crippen molar-refractivity contribution in [2.45, 2.75) is 0 Å². The molecule has 1 unspecified atom stereocenters. The molecule has 1 atom stereocenters. The lowest BCUT2D eigenvalue weighted by Crippen LogP contribution is -2.16. The van der Waals surface area contributed by atoms with Crippen molar-refractivity contribution in [1.29, 1.82) is 5.26 Å². The van der Waals surface area contributed by atoms with E-state index in [9.17, 15) is 4.57 Å². The van der Waals surface area contributed by atoms with E-state index in [1.54, 1.807) is 0 Å². The zero-order valence-corrected chi connectivity index (χ0v) is 6.97. The number of nitrogens with zero attached hydrogens (tertiary/aromatic N) is 2. The molecule has 0 heterocycles. The van der Waals surface area contributed by atoms with Crippen LogP contribution in [0, 0.1) is 11.1 Å². The summed E-state index contributed by atoms with van der Waals surface area (Å²) in [5.41, 5.74) is 0. The van der Waals surface area contributed by atoms with E-state index in [2.05, 4.69) is 4.52 Å². The third-order valence-electron chi connectivity index (χ3n) is 0.829. The number of hydrogen-bond acceptors (Lipinski definition) is 4. The fourth-order valence-corrected chi connectivity index (χ4v) is 0.640. The summed E-state index contributed by atoms with van der Waals surface area (Å²) in [6.07, 6.45) is 0. The highest BCUT2D eigenvalue weighted by Gasteiger charge is 2.14. The first-order valence-corrected chi connectivity index (χ1v) is 3.99. The molecule has 0 rings (SSSR count). The van der Waals surface area contributed by atoms with Gasteiger partial charge in [-0.1, -0.05) is 0 Å². The first-order chi connectivity index (χ1) is 4.66. The van der Waals surface area contributed by atoms with Gasteiger partial charge in [0.1, 0.15) is 6.61 Å². The molecule has 0 amide bonds. The van der Waals surface area contributed by atoms with Crippen LogP contribution in [-0.4, -0.2) is 32.1 Å². The first-order valence-electron chi connectivity index (χ1n) is 2.81. The van der Waals surface area contributed by atoms with Gasteiger partial charge >= 0.3 is 13.8 Å². The Labute approximate surface area is 61.3 Å². The molecule has 0 aliphatic carbocycles. The van der Waals surface area contributed by atoms with Crippen LogP contribution in [0.3, 0.4) is 0 Å². The minimum Gasteiger partial charge on any atom is -0.307 e. The molecule has 0 aromatic heterocycles. The van der Waals surface area contributed by atoms with Crippen LogP contribution >= 0.6 is 8.03 Å². The lowest BCUT2D eigenvalue weighted by molar-refractivity contribution is 0.274. The van der Waals surface area contributed by atoms with Crippen molar-refractivity contribution in [3.63, 3.8) is 0 Å². The fraction of sp³-hybridized carbons (Fsp3) is 0.800. The molecule has 0 radical (unpaired) electrons. The molecule has 0 aliphatic heterocycles. The maximum Gasteiger partial charge on any atom is 0.632 e. The molecule has 0 aliphatic rings. The summed E-state index contributed by atoms with van der Waals surface area (Å²) in [5.74, 6) is 1.51. The lowest BCUT2D eigenvalue weighted by atomic mass is 10.6. The minimum absolute atomic E-state index is 0.343. The average molecular weight is 161 g/mol. The summed E-state index contributed by atoms with van der Waals surface area (Å²) in [5, 5.41) is 8.03. The van der Waals surface area contributed by atoms with Gasteiger partial charge < -0.3 is 4.90 Å². The largest absolute Gasteiger partial charge is 0.632 e. The van der Waals surface area contributed by atoms with Crippen LogP contribution in [0.25, 0.3) is 0 Å². The molecule has 0 saturated carbocycles. The van der Waals surface area contributed by atoms with Crippen molar-refractivity contribution >= 4 is 8.03 Å². The molecular formula is C5H10N2O2P+. The number of rotatable bonds is 4. The highest BCUT2D eigenvalue weighted by molar-refractivity contribution is 7.44. The van der Waals surface area contributed by atoms with Gasteiger partial charge in [0.25, 0.3) is 0 Å². The van der Waals surface area contributed by atoms with E-state index < -0.39 is 8.03 Å². The van der Waals surface area contributed by atoms with Gasteiger partial charge in [-0.2, -0.15) is 0 Å². The predicted octanol–water partition coefficient (Wildman–Crippen LogP) is 0.788. The van der Waals surface area contributed by atoms with Gasteiger partial charge in [-0.05, 0) is 18.7 Å². The third kappa shape index (κ3) is 5.64. The molecular weight excluding hydrogens is 151 g/mol. The van der Waals surface area contributed by atoms with Crippen LogP contribution < -0.4 is 0 Å². The van der Waals surface area contributed by atoms with Crippen molar-refractivity contribution in [3.05, 3.63) is 0 Å². The number of nitriles is 1. The molecule has 0 fully saturated rings. The fourth-order valence-electron chi connectivity index (χ4n) is 0.335. The van der Waals surface area contributed by atoms with Crippen LogP contribution in [0.15, 0.2) is 0 Å². The summed E-state index contributed by atoms with van der Waals surface area (Å²) in [6.45, 7) is 1.03. The Balaban J connectivity index is 3.22. The predicted molar refractivity (Wildman–Crippen MR) is 37.7 cm³/mol. The number of hydrogen-bond donors (Lipinski definition) is 0. The molecule has 0 aromatic carbocycles. The van der Waals surface area contributed by atoms with Gasteiger partial charge in [0.05, 0.1) is 0 Å². The first kappa shape index (κ1) is 9.51. The topological polar surface area (TPSA) is 53.3 Å². The Kier molecular flexibility index (Phi) is 5.05. The maximum atomic E-state index is 10.3. The van der Waals surface area contributed by atoms with Gasteiger partial charge in [0, 0.05) is 6.54 Å². The average Bonchev–Trinajstić information content (AvgIpc) is 1.87. The monoisotopic (exact) mass is 161 g/mol. The quantitative estimate of drug-likeness (QED) is 0.572. The molecule has 0 aromatic rings. The maximum absolute atomic E-state index is 10.3. The van der Waals surface area contributed by atoms with Crippen molar-refractivity contribution in [2.75, 3.05) is 27.2 Å². The van der Waals surface area contributed by atoms with E-state index in [0.29, 0.717) is 13.2 Å². The van der Waals surface area contributed by atoms with Crippen LogP contribution in [-0.2, 0) is 9.09 Å². The van der Waals surface area contributed by atoms with Crippen LogP contribution in [0.5, 0.6) is 0 Å². The summed E-state index contributed by atoms with van der Waals surface area (Å²) in [6, 6.07) is 0. The second-order valence-electron chi connectivity index (χ2n) is 1.99. The zero-order chi connectivity index (χ0) is 7.98. The Bertz CT molecular complexity index is 152. The van der Waals surface area contributed by atoms with E-state index in [1.165, 1.54) is 5.81 Å². The summed E-state index contributed by atoms with van der Waals surface area (Å²) in [7, 11) is 1.68. The SMILES string of the molecule is CN(C)CCO[P+](=O)C#N. The molecule has 10 heavy (non-hydrogen) atoms. The molecule has 0 bridgehead atoms. The molecule has 0 N–H and O–H groups in total. The van der Waals surface area contributed by atoms with E-state index >= 15 is 0 Å². The second kappa shape index (κ2) is 5.31. The summed E-state index contributed by atoms with van der Waals surface area (Å²) in [4.78, 5) is 1.89. The van der Waals surface area contributed by atoms with Gasteiger partial charge in [-0.25, -0.2) is 0 Å².